The summed E-state index contributed by atoms with van der Waals surface area (Å²) in [4.78, 5) is 0. The van der Waals surface area contributed by atoms with E-state index in [-0.39, 0.29) is 0 Å². The van der Waals surface area contributed by atoms with Crippen LogP contribution in [-0.4, -0.2) is 23.2 Å². The molecule has 0 aliphatic carbocycles. The van der Waals surface area contributed by atoms with Gasteiger partial charge in [-0.3, -0.25) is 0 Å². The minimum atomic E-state index is 0.348. The van der Waals surface area contributed by atoms with Crippen LogP contribution in [0.15, 0.2) is 24.3 Å². The summed E-state index contributed by atoms with van der Waals surface area (Å²) in [6, 6.07) is 7.35. The molecule has 0 amide bonds. The van der Waals surface area contributed by atoms with Gasteiger partial charge in [-0.1, -0.05) is 24.1 Å². The van der Waals surface area contributed by atoms with E-state index in [2.05, 4.69) is 11.2 Å². The van der Waals surface area contributed by atoms with Gasteiger partial charge in [0.15, 0.2) is 0 Å². The zero-order valence-corrected chi connectivity index (χ0v) is 9.39. The minimum absolute atomic E-state index is 0.348. The lowest BCUT2D eigenvalue weighted by Crippen LogP contribution is -2.16. The minimum Gasteiger partial charge on any atom is -0.508 e. The third-order valence-corrected chi connectivity index (χ3v) is 2.78. The second-order valence-corrected chi connectivity index (χ2v) is 4.17. The maximum absolute atomic E-state index is 9.48. The van der Waals surface area contributed by atoms with Gasteiger partial charge in [-0.05, 0) is 6.07 Å². The number of phenols is 1. The lowest BCUT2D eigenvalue weighted by molar-refractivity contribution is 0.465. The lowest BCUT2D eigenvalue weighted by Gasteiger charge is -2.05. The fraction of sp³-hybridized carbons (Fsp3) is 0.333. The molecule has 0 aromatic heterocycles. The van der Waals surface area contributed by atoms with Crippen molar-refractivity contribution < 1.29 is 5.11 Å². The van der Waals surface area contributed by atoms with Gasteiger partial charge in [0.2, 0.25) is 0 Å². The highest BCUT2D eigenvalue weighted by Crippen LogP contribution is 2.14. The highest BCUT2D eigenvalue weighted by atomic mass is 32.2. The maximum atomic E-state index is 9.48. The van der Waals surface area contributed by atoms with Gasteiger partial charge < -0.3 is 10.4 Å². The van der Waals surface area contributed by atoms with Crippen molar-refractivity contribution in [1.82, 2.24) is 5.32 Å². The summed E-state index contributed by atoms with van der Waals surface area (Å²) in [6.45, 7) is 1.60. The second kappa shape index (κ2) is 7.22. The molecule has 0 heterocycles. The van der Waals surface area contributed by atoms with E-state index in [4.69, 9.17) is 6.42 Å². The summed E-state index contributed by atoms with van der Waals surface area (Å²) in [7, 11) is 0. The summed E-state index contributed by atoms with van der Waals surface area (Å²) < 4.78 is 0. The van der Waals surface area contributed by atoms with Gasteiger partial charge in [-0.25, -0.2) is 0 Å². The summed E-state index contributed by atoms with van der Waals surface area (Å²) in [5.74, 6) is 4.69. The Morgan fingerprint density at radius 1 is 1.40 bits per heavy atom. The monoisotopic (exact) mass is 221 g/mol. The van der Waals surface area contributed by atoms with Gasteiger partial charge >= 0.3 is 0 Å². The van der Waals surface area contributed by atoms with E-state index in [1.54, 1.807) is 17.8 Å². The molecule has 2 nitrogen and oxygen atoms in total. The largest absolute Gasteiger partial charge is 0.508 e. The Kier molecular flexibility index (Phi) is 5.76. The summed E-state index contributed by atoms with van der Waals surface area (Å²) >= 11 is 1.73. The highest BCUT2D eigenvalue weighted by molar-refractivity contribution is 7.99. The molecule has 1 rings (SSSR count). The number of rotatable bonds is 6. The molecule has 3 heteroatoms. The van der Waals surface area contributed by atoms with Crippen molar-refractivity contribution in [3.63, 3.8) is 0 Å². The fourth-order valence-electron chi connectivity index (χ4n) is 1.16. The molecule has 0 saturated heterocycles. The quantitative estimate of drug-likeness (QED) is 0.568. The van der Waals surface area contributed by atoms with Crippen LogP contribution in [0.5, 0.6) is 5.75 Å². The lowest BCUT2D eigenvalue weighted by atomic mass is 10.2. The smallest absolute Gasteiger partial charge is 0.120 e. The Labute approximate surface area is 95.1 Å². The molecule has 0 fully saturated rings. The molecule has 0 atom stereocenters. The number of thioether (sulfide) groups is 1. The van der Waals surface area contributed by atoms with E-state index in [0.29, 0.717) is 12.3 Å². The van der Waals surface area contributed by atoms with Crippen LogP contribution in [0.2, 0.25) is 0 Å². The predicted octanol–water partition coefficient (Wildman–Crippen LogP) is 1.85. The van der Waals surface area contributed by atoms with Crippen LogP contribution in [0.3, 0.4) is 0 Å². The molecule has 2 N–H and O–H groups in total. The number of nitrogens with one attached hydrogen (secondary N) is 1. The standard InChI is InChI=1S/C12H15NOS/c1-2-8-15-9-7-13-10-11-5-3-4-6-12(11)14/h1,3-6,13-14H,7-10H2. The molecular formula is C12H15NOS. The molecule has 15 heavy (non-hydrogen) atoms. The van der Waals surface area contributed by atoms with Gasteiger partial charge in [-0.2, -0.15) is 0 Å². The summed E-state index contributed by atoms with van der Waals surface area (Å²) in [5, 5.41) is 12.7. The van der Waals surface area contributed by atoms with Crippen molar-refractivity contribution >= 4 is 11.8 Å². The number of aromatic hydroxyl groups is 1. The molecule has 0 unspecified atom stereocenters. The van der Waals surface area contributed by atoms with Gasteiger partial charge in [0.05, 0.1) is 5.75 Å². The Hall–Kier alpha value is -1.11. The molecule has 0 aliphatic rings. The van der Waals surface area contributed by atoms with Crippen LogP contribution in [0, 0.1) is 12.3 Å². The van der Waals surface area contributed by atoms with Crippen molar-refractivity contribution in [2.75, 3.05) is 18.1 Å². The molecule has 1 aromatic rings. The van der Waals surface area contributed by atoms with E-state index in [1.807, 2.05) is 18.2 Å². The van der Waals surface area contributed by atoms with Crippen LogP contribution in [0.4, 0.5) is 0 Å². The third kappa shape index (κ3) is 4.78. The molecule has 0 saturated carbocycles. The molecule has 0 radical (unpaired) electrons. The maximum Gasteiger partial charge on any atom is 0.120 e. The van der Waals surface area contributed by atoms with E-state index in [1.165, 1.54) is 0 Å². The fourth-order valence-corrected chi connectivity index (χ4v) is 1.71. The number of phenolic OH excluding ortho intramolecular Hbond substituents is 1. The Bertz CT molecular complexity index is 333. The summed E-state index contributed by atoms with van der Waals surface area (Å²) in [6.07, 6.45) is 5.13. The van der Waals surface area contributed by atoms with Crippen LogP contribution in [-0.2, 0) is 6.54 Å². The first kappa shape index (κ1) is 12.0. The molecular weight excluding hydrogens is 206 g/mol. The number of para-hydroxylation sites is 1. The average molecular weight is 221 g/mol. The van der Waals surface area contributed by atoms with Crippen LogP contribution >= 0.6 is 11.8 Å². The zero-order chi connectivity index (χ0) is 10.9. The average Bonchev–Trinajstić information content (AvgIpc) is 2.25. The SMILES string of the molecule is C#CCSCCNCc1ccccc1O. The molecule has 0 aliphatic heterocycles. The first-order valence-corrected chi connectivity index (χ1v) is 5.99. The van der Waals surface area contributed by atoms with Crippen molar-refractivity contribution in [2.45, 2.75) is 6.54 Å². The number of hydrogen-bond acceptors (Lipinski definition) is 3. The first-order chi connectivity index (χ1) is 7.34. The van der Waals surface area contributed by atoms with Crippen molar-refractivity contribution in [2.24, 2.45) is 0 Å². The Morgan fingerprint density at radius 3 is 2.93 bits per heavy atom. The van der Waals surface area contributed by atoms with Crippen LogP contribution in [0.25, 0.3) is 0 Å². The van der Waals surface area contributed by atoms with E-state index >= 15 is 0 Å². The highest BCUT2D eigenvalue weighted by Gasteiger charge is 1.97. The van der Waals surface area contributed by atoms with Crippen molar-refractivity contribution in [3.8, 4) is 18.1 Å². The van der Waals surface area contributed by atoms with E-state index in [9.17, 15) is 5.11 Å². The number of hydrogen-bond donors (Lipinski definition) is 2. The van der Waals surface area contributed by atoms with Crippen molar-refractivity contribution in [1.29, 1.82) is 0 Å². The normalized spacial score (nSPS) is 9.80. The van der Waals surface area contributed by atoms with Gasteiger partial charge in [0, 0.05) is 24.4 Å². The zero-order valence-electron chi connectivity index (χ0n) is 8.57. The molecule has 80 valence electrons. The molecule has 0 spiro atoms. The van der Waals surface area contributed by atoms with Crippen LogP contribution in [0.1, 0.15) is 5.56 Å². The van der Waals surface area contributed by atoms with Gasteiger partial charge in [-0.15, -0.1) is 18.2 Å². The van der Waals surface area contributed by atoms with Crippen LogP contribution < -0.4 is 5.32 Å². The van der Waals surface area contributed by atoms with Crippen molar-refractivity contribution in [3.05, 3.63) is 29.8 Å². The Balaban J connectivity index is 2.16. The Morgan fingerprint density at radius 2 is 2.20 bits per heavy atom. The van der Waals surface area contributed by atoms with E-state index in [0.717, 1.165) is 23.6 Å². The number of terminal acetylenes is 1. The first-order valence-electron chi connectivity index (χ1n) is 4.83. The molecule has 0 bridgehead atoms. The molecule has 1 aromatic carbocycles. The number of benzene rings is 1. The topological polar surface area (TPSA) is 32.3 Å². The summed E-state index contributed by atoms with van der Waals surface area (Å²) in [5.41, 5.74) is 0.930. The third-order valence-electron chi connectivity index (χ3n) is 1.92. The van der Waals surface area contributed by atoms with Gasteiger partial charge in [0.25, 0.3) is 0 Å². The van der Waals surface area contributed by atoms with Gasteiger partial charge in [0.1, 0.15) is 5.75 Å². The predicted molar refractivity (Wildman–Crippen MR) is 66.0 cm³/mol. The second-order valence-electron chi connectivity index (χ2n) is 3.06. The van der Waals surface area contributed by atoms with E-state index < -0.39 is 0 Å².